The summed E-state index contributed by atoms with van der Waals surface area (Å²) in [6, 6.07) is 11.4. The summed E-state index contributed by atoms with van der Waals surface area (Å²) in [6.07, 6.45) is -0.0875. The van der Waals surface area contributed by atoms with Crippen molar-refractivity contribution >= 4 is 11.7 Å². The zero-order valence-electron chi connectivity index (χ0n) is 10.4. The predicted molar refractivity (Wildman–Crippen MR) is 69.8 cm³/mol. The number of hydrogen-bond donors (Lipinski definition) is 1. The molecule has 0 saturated heterocycles. The average molecular weight is 245 g/mol. The Balaban J connectivity index is 2.20. The third-order valence-corrected chi connectivity index (χ3v) is 2.66. The number of carboxylic acid groups (broad SMARTS) is 1. The molecule has 4 nitrogen and oxygen atoms in total. The van der Waals surface area contributed by atoms with E-state index in [9.17, 15) is 4.79 Å². The molecule has 2 rings (SSSR count). The van der Waals surface area contributed by atoms with Crippen molar-refractivity contribution in [3.8, 4) is 11.3 Å². The van der Waals surface area contributed by atoms with Gasteiger partial charge < -0.3 is 14.4 Å². The second-order valence-corrected chi connectivity index (χ2v) is 4.28. The van der Waals surface area contributed by atoms with Crippen LogP contribution in [-0.2, 0) is 11.2 Å². The summed E-state index contributed by atoms with van der Waals surface area (Å²) in [6.45, 7) is 0. The molecular weight excluding hydrogens is 230 g/mol. The van der Waals surface area contributed by atoms with E-state index in [-0.39, 0.29) is 6.42 Å². The average Bonchev–Trinajstić information content (AvgIpc) is 2.76. The van der Waals surface area contributed by atoms with Crippen LogP contribution in [0.15, 0.2) is 40.8 Å². The van der Waals surface area contributed by atoms with E-state index in [2.05, 4.69) is 0 Å². The van der Waals surface area contributed by atoms with Gasteiger partial charge in [-0.3, -0.25) is 4.79 Å². The molecule has 0 spiro atoms. The van der Waals surface area contributed by atoms with Gasteiger partial charge in [-0.05, 0) is 36.4 Å². The van der Waals surface area contributed by atoms with Gasteiger partial charge in [-0.2, -0.15) is 0 Å². The van der Waals surface area contributed by atoms with Crippen LogP contribution in [0.4, 0.5) is 5.69 Å². The van der Waals surface area contributed by atoms with E-state index >= 15 is 0 Å². The Kier molecular flexibility index (Phi) is 3.37. The Morgan fingerprint density at radius 2 is 1.83 bits per heavy atom. The first kappa shape index (κ1) is 12.2. The van der Waals surface area contributed by atoms with Gasteiger partial charge in [0.05, 0.1) is 0 Å². The lowest BCUT2D eigenvalue weighted by atomic mass is 10.1. The SMILES string of the molecule is CN(C)c1ccc(-c2ccc(CC(=O)O)o2)cc1. The topological polar surface area (TPSA) is 53.7 Å². The van der Waals surface area contributed by atoms with Gasteiger partial charge in [0.25, 0.3) is 0 Å². The van der Waals surface area contributed by atoms with Gasteiger partial charge in [0, 0.05) is 25.3 Å². The van der Waals surface area contributed by atoms with Crippen LogP contribution >= 0.6 is 0 Å². The van der Waals surface area contributed by atoms with Crippen LogP contribution in [0, 0.1) is 0 Å². The number of aliphatic carboxylic acids is 1. The highest BCUT2D eigenvalue weighted by Gasteiger charge is 2.08. The molecule has 0 bridgehead atoms. The molecule has 0 aliphatic rings. The fourth-order valence-corrected chi connectivity index (χ4v) is 1.70. The molecule has 94 valence electrons. The third-order valence-electron chi connectivity index (χ3n) is 2.66. The van der Waals surface area contributed by atoms with Crippen molar-refractivity contribution in [2.75, 3.05) is 19.0 Å². The number of furan rings is 1. The lowest BCUT2D eigenvalue weighted by molar-refractivity contribution is -0.136. The molecule has 0 radical (unpaired) electrons. The van der Waals surface area contributed by atoms with Crippen LogP contribution in [-0.4, -0.2) is 25.2 Å². The Labute approximate surface area is 105 Å². The third kappa shape index (κ3) is 2.71. The minimum atomic E-state index is -0.890. The molecule has 0 aliphatic heterocycles. The van der Waals surface area contributed by atoms with Gasteiger partial charge in [-0.15, -0.1) is 0 Å². The molecule has 4 heteroatoms. The summed E-state index contributed by atoms with van der Waals surface area (Å²) in [5, 5.41) is 8.68. The Bertz CT molecular complexity index is 540. The fourth-order valence-electron chi connectivity index (χ4n) is 1.70. The summed E-state index contributed by atoms with van der Waals surface area (Å²) in [5.74, 6) is 0.268. The molecule has 1 aromatic carbocycles. The van der Waals surface area contributed by atoms with Gasteiger partial charge in [0.2, 0.25) is 0 Å². The highest BCUT2D eigenvalue weighted by molar-refractivity contribution is 5.70. The molecule has 0 fully saturated rings. The van der Waals surface area contributed by atoms with E-state index in [0.29, 0.717) is 11.5 Å². The summed E-state index contributed by atoms with van der Waals surface area (Å²) in [4.78, 5) is 12.6. The first-order chi connectivity index (χ1) is 8.56. The minimum Gasteiger partial charge on any atom is -0.481 e. The van der Waals surface area contributed by atoms with Crippen molar-refractivity contribution in [2.24, 2.45) is 0 Å². The molecule has 0 saturated carbocycles. The molecule has 0 aliphatic carbocycles. The molecular formula is C14H15NO3. The normalized spacial score (nSPS) is 10.3. The highest BCUT2D eigenvalue weighted by atomic mass is 16.4. The second kappa shape index (κ2) is 4.96. The summed E-state index contributed by atoms with van der Waals surface area (Å²) >= 11 is 0. The first-order valence-corrected chi connectivity index (χ1v) is 5.64. The molecule has 1 aromatic heterocycles. The Morgan fingerprint density at radius 1 is 1.17 bits per heavy atom. The molecule has 0 amide bonds. The van der Waals surface area contributed by atoms with Crippen LogP contribution in [0.1, 0.15) is 5.76 Å². The quantitative estimate of drug-likeness (QED) is 0.899. The zero-order valence-corrected chi connectivity index (χ0v) is 10.4. The number of nitrogens with zero attached hydrogens (tertiary/aromatic N) is 1. The lowest BCUT2D eigenvalue weighted by Crippen LogP contribution is -2.07. The van der Waals surface area contributed by atoms with E-state index in [4.69, 9.17) is 9.52 Å². The maximum Gasteiger partial charge on any atom is 0.311 e. The van der Waals surface area contributed by atoms with Crippen LogP contribution < -0.4 is 4.90 Å². The number of carboxylic acids is 1. The zero-order chi connectivity index (χ0) is 13.1. The maximum absolute atomic E-state index is 10.6. The summed E-state index contributed by atoms with van der Waals surface area (Å²) < 4.78 is 5.49. The molecule has 2 aromatic rings. The monoisotopic (exact) mass is 245 g/mol. The fraction of sp³-hybridized carbons (Fsp3) is 0.214. The van der Waals surface area contributed by atoms with Crippen LogP contribution in [0.5, 0.6) is 0 Å². The molecule has 1 N–H and O–H groups in total. The summed E-state index contributed by atoms with van der Waals surface area (Å²) in [7, 11) is 3.96. The van der Waals surface area contributed by atoms with Crippen LogP contribution in [0.2, 0.25) is 0 Å². The van der Waals surface area contributed by atoms with E-state index in [1.165, 1.54) is 0 Å². The largest absolute Gasteiger partial charge is 0.481 e. The van der Waals surface area contributed by atoms with Crippen LogP contribution in [0.25, 0.3) is 11.3 Å². The van der Waals surface area contributed by atoms with E-state index < -0.39 is 5.97 Å². The number of rotatable bonds is 4. The Hall–Kier alpha value is -2.23. The predicted octanol–water partition coefficient (Wildman–Crippen LogP) is 2.64. The first-order valence-electron chi connectivity index (χ1n) is 5.64. The standard InChI is InChI=1S/C14H15NO3/c1-15(2)11-5-3-10(4-6-11)13-8-7-12(18-13)9-14(16)17/h3-8H,9H2,1-2H3,(H,16,17). The lowest BCUT2D eigenvalue weighted by Gasteiger charge is -2.12. The number of hydrogen-bond acceptors (Lipinski definition) is 3. The molecule has 0 unspecified atom stereocenters. The van der Waals surface area contributed by atoms with Crippen molar-refractivity contribution in [2.45, 2.75) is 6.42 Å². The van der Waals surface area contributed by atoms with Crippen molar-refractivity contribution in [3.05, 3.63) is 42.2 Å². The van der Waals surface area contributed by atoms with Gasteiger partial charge in [0.1, 0.15) is 17.9 Å². The highest BCUT2D eigenvalue weighted by Crippen LogP contribution is 2.24. The second-order valence-electron chi connectivity index (χ2n) is 4.28. The van der Waals surface area contributed by atoms with Crippen molar-refractivity contribution in [1.82, 2.24) is 0 Å². The summed E-state index contributed by atoms with van der Waals surface area (Å²) in [5.41, 5.74) is 2.05. The van der Waals surface area contributed by atoms with Crippen LogP contribution in [0.3, 0.4) is 0 Å². The van der Waals surface area contributed by atoms with E-state index in [0.717, 1.165) is 11.3 Å². The minimum absolute atomic E-state index is 0.0875. The van der Waals surface area contributed by atoms with Crippen molar-refractivity contribution < 1.29 is 14.3 Å². The smallest absolute Gasteiger partial charge is 0.311 e. The van der Waals surface area contributed by atoms with E-state index in [1.54, 1.807) is 12.1 Å². The number of carbonyl (C=O) groups is 1. The molecule has 18 heavy (non-hydrogen) atoms. The van der Waals surface area contributed by atoms with Gasteiger partial charge in [-0.25, -0.2) is 0 Å². The molecule has 0 atom stereocenters. The molecule has 1 heterocycles. The maximum atomic E-state index is 10.6. The number of anilines is 1. The van der Waals surface area contributed by atoms with Gasteiger partial charge >= 0.3 is 5.97 Å². The number of benzene rings is 1. The van der Waals surface area contributed by atoms with Crippen molar-refractivity contribution in [1.29, 1.82) is 0 Å². The van der Waals surface area contributed by atoms with Gasteiger partial charge in [-0.1, -0.05) is 0 Å². The van der Waals surface area contributed by atoms with Crippen molar-refractivity contribution in [3.63, 3.8) is 0 Å². The Morgan fingerprint density at radius 3 is 2.39 bits per heavy atom. The van der Waals surface area contributed by atoms with Gasteiger partial charge in [0.15, 0.2) is 0 Å². The van der Waals surface area contributed by atoms with E-state index in [1.807, 2.05) is 43.3 Å².